The molecule has 3 saturated heterocycles. The maximum Gasteiger partial charge on any atom is 0.308 e. The van der Waals surface area contributed by atoms with Gasteiger partial charge >= 0.3 is 5.97 Å². The topological polar surface area (TPSA) is 66.8 Å². The Balaban J connectivity index is 1.43. The highest BCUT2D eigenvalue weighted by molar-refractivity contribution is 8.00. The summed E-state index contributed by atoms with van der Waals surface area (Å²) in [7, 11) is 0. The first-order valence-corrected chi connectivity index (χ1v) is 7.94. The Hall–Kier alpha value is -0.750. The predicted molar refractivity (Wildman–Crippen MR) is 71.1 cm³/mol. The highest BCUT2D eigenvalue weighted by atomic mass is 32.2. The van der Waals surface area contributed by atoms with Crippen LogP contribution in [0.4, 0.5) is 0 Å². The van der Waals surface area contributed by atoms with Gasteiger partial charge in [-0.05, 0) is 19.3 Å². The largest absolute Gasteiger partial charge is 0.481 e. The number of rotatable bonds is 4. The lowest BCUT2D eigenvalue weighted by atomic mass is 10.0. The maximum absolute atomic E-state index is 12.2. The van der Waals surface area contributed by atoms with Gasteiger partial charge in [0.1, 0.15) is 0 Å². The number of nitrogens with zero attached hydrogens (tertiary/aromatic N) is 1. The van der Waals surface area contributed by atoms with E-state index in [2.05, 4.69) is 0 Å². The van der Waals surface area contributed by atoms with Crippen LogP contribution in [0.15, 0.2) is 0 Å². The number of carbonyl (C=O) groups is 2. The van der Waals surface area contributed by atoms with Crippen molar-refractivity contribution >= 4 is 23.6 Å². The van der Waals surface area contributed by atoms with Crippen molar-refractivity contribution in [2.75, 3.05) is 18.9 Å². The van der Waals surface area contributed by atoms with Gasteiger partial charge in [0.15, 0.2) is 0 Å². The number of carboxylic acid groups (broad SMARTS) is 1. The summed E-state index contributed by atoms with van der Waals surface area (Å²) in [4.78, 5) is 25.0. The zero-order valence-corrected chi connectivity index (χ0v) is 11.6. The average molecular weight is 285 g/mol. The van der Waals surface area contributed by atoms with Crippen molar-refractivity contribution < 1.29 is 19.4 Å². The van der Waals surface area contributed by atoms with E-state index in [0.717, 1.165) is 18.7 Å². The van der Waals surface area contributed by atoms with E-state index in [4.69, 9.17) is 9.84 Å². The van der Waals surface area contributed by atoms with Crippen LogP contribution in [0.3, 0.4) is 0 Å². The van der Waals surface area contributed by atoms with Crippen molar-refractivity contribution in [2.45, 2.75) is 43.1 Å². The molecule has 3 aliphatic heterocycles. The van der Waals surface area contributed by atoms with Crippen LogP contribution in [0.5, 0.6) is 0 Å². The Morgan fingerprint density at radius 3 is 2.79 bits per heavy atom. The number of ether oxygens (including phenoxy) is 1. The molecule has 2 bridgehead atoms. The molecule has 5 nitrogen and oxygen atoms in total. The number of aliphatic carboxylic acids is 1. The SMILES string of the molecule is O=C(O)[C@@H]1CO[C@H](CCC(=O)N2C[C@@H]3C[C@H]2CS3)C1. The van der Waals surface area contributed by atoms with Gasteiger partial charge in [0.05, 0.1) is 18.6 Å². The van der Waals surface area contributed by atoms with Crippen LogP contribution in [0.25, 0.3) is 0 Å². The summed E-state index contributed by atoms with van der Waals surface area (Å²) in [6, 6.07) is 0.443. The molecule has 19 heavy (non-hydrogen) atoms. The van der Waals surface area contributed by atoms with Crippen molar-refractivity contribution in [3.63, 3.8) is 0 Å². The molecule has 6 heteroatoms. The summed E-state index contributed by atoms with van der Waals surface area (Å²) in [5.74, 6) is 0.120. The molecule has 0 saturated carbocycles. The fourth-order valence-corrected chi connectivity index (χ4v) is 4.65. The molecule has 4 atom stereocenters. The zero-order chi connectivity index (χ0) is 13.4. The lowest BCUT2D eigenvalue weighted by Gasteiger charge is -2.27. The first-order chi connectivity index (χ1) is 9.13. The molecule has 0 unspecified atom stereocenters. The summed E-state index contributed by atoms with van der Waals surface area (Å²) >= 11 is 1.98. The Kier molecular flexibility index (Phi) is 3.71. The number of fused-ring (bicyclic) bond motifs is 2. The van der Waals surface area contributed by atoms with Crippen molar-refractivity contribution in [1.29, 1.82) is 0 Å². The van der Waals surface area contributed by atoms with Crippen LogP contribution in [-0.2, 0) is 14.3 Å². The molecule has 106 valence electrons. The predicted octanol–water partition coefficient (Wildman–Crippen LogP) is 0.973. The van der Waals surface area contributed by atoms with Gasteiger partial charge in [-0.25, -0.2) is 0 Å². The van der Waals surface area contributed by atoms with Crippen molar-refractivity contribution in [1.82, 2.24) is 4.90 Å². The van der Waals surface area contributed by atoms with E-state index in [1.807, 2.05) is 16.7 Å². The number of carboxylic acids is 1. The highest BCUT2D eigenvalue weighted by Crippen LogP contribution is 2.37. The standard InChI is InChI=1S/C13H19NO4S/c15-12(14-5-11-4-9(14)7-19-11)2-1-10-3-8(6-18-10)13(16)17/h8-11H,1-7H2,(H,16,17)/t8-,9-,10+,11-/m0/s1. The number of thioether (sulfide) groups is 1. The number of hydrogen-bond acceptors (Lipinski definition) is 4. The van der Waals surface area contributed by atoms with Gasteiger partial charge in [0.25, 0.3) is 0 Å². The van der Waals surface area contributed by atoms with Crippen molar-refractivity contribution in [3.8, 4) is 0 Å². The minimum atomic E-state index is -0.789. The van der Waals surface area contributed by atoms with E-state index >= 15 is 0 Å². The lowest BCUT2D eigenvalue weighted by Crippen LogP contribution is -2.39. The van der Waals surface area contributed by atoms with Gasteiger partial charge < -0.3 is 14.7 Å². The Morgan fingerprint density at radius 1 is 1.37 bits per heavy atom. The summed E-state index contributed by atoms with van der Waals surface area (Å²) in [6.07, 6.45) is 2.79. The van der Waals surface area contributed by atoms with Crippen LogP contribution < -0.4 is 0 Å². The quantitative estimate of drug-likeness (QED) is 0.834. The van der Waals surface area contributed by atoms with Crippen LogP contribution in [0.1, 0.15) is 25.7 Å². The number of hydrogen-bond donors (Lipinski definition) is 1. The Bertz CT molecular complexity index is 389. The molecule has 3 heterocycles. The Morgan fingerprint density at radius 2 is 2.21 bits per heavy atom. The molecule has 1 N–H and O–H groups in total. The highest BCUT2D eigenvalue weighted by Gasteiger charge is 2.41. The molecule has 0 spiro atoms. The normalized spacial score (nSPS) is 36.9. The van der Waals surface area contributed by atoms with E-state index in [1.165, 1.54) is 0 Å². The molecule has 0 aliphatic carbocycles. The third-order valence-corrected chi connectivity index (χ3v) is 5.72. The van der Waals surface area contributed by atoms with E-state index in [1.54, 1.807) is 0 Å². The summed E-state index contributed by atoms with van der Waals surface area (Å²) in [6.45, 7) is 1.19. The third kappa shape index (κ3) is 2.74. The van der Waals surface area contributed by atoms with E-state index in [0.29, 0.717) is 37.2 Å². The average Bonchev–Trinajstić information content (AvgIpc) is 3.11. The van der Waals surface area contributed by atoms with Crippen LogP contribution in [-0.4, -0.2) is 58.2 Å². The van der Waals surface area contributed by atoms with Crippen molar-refractivity contribution in [3.05, 3.63) is 0 Å². The molecular weight excluding hydrogens is 266 g/mol. The van der Waals surface area contributed by atoms with Gasteiger partial charge in [0, 0.05) is 30.0 Å². The minimum absolute atomic E-state index is 0.0563. The summed E-state index contributed by atoms with van der Waals surface area (Å²) < 4.78 is 5.45. The van der Waals surface area contributed by atoms with Gasteiger partial charge in [-0.15, -0.1) is 0 Å². The molecule has 3 rings (SSSR count). The van der Waals surface area contributed by atoms with Gasteiger partial charge in [-0.3, -0.25) is 9.59 Å². The van der Waals surface area contributed by atoms with Crippen LogP contribution in [0.2, 0.25) is 0 Å². The van der Waals surface area contributed by atoms with Gasteiger partial charge in [-0.1, -0.05) is 0 Å². The molecular formula is C13H19NO4S. The smallest absolute Gasteiger partial charge is 0.308 e. The molecule has 3 aliphatic rings. The molecule has 0 radical (unpaired) electrons. The molecule has 1 amide bonds. The van der Waals surface area contributed by atoms with E-state index < -0.39 is 5.97 Å². The zero-order valence-electron chi connectivity index (χ0n) is 10.8. The number of amides is 1. The van der Waals surface area contributed by atoms with Crippen molar-refractivity contribution in [2.24, 2.45) is 5.92 Å². The maximum atomic E-state index is 12.2. The molecule has 0 aromatic heterocycles. The van der Waals surface area contributed by atoms with Gasteiger partial charge in [-0.2, -0.15) is 11.8 Å². The lowest BCUT2D eigenvalue weighted by molar-refractivity contribution is -0.141. The van der Waals surface area contributed by atoms with E-state index in [-0.39, 0.29) is 17.9 Å². The second-order valence-corrected chi connectivity index (χ2v) is 6.99. The molecule has 3 fully saturated rings. The van der Waals surface area contributed by atoms with Crippen LogP contribution >= 0.6 is 11.8 Å². The first-order valence-electron chi connectivity index (χ1n) is 6.89. The number of carbonyl (C=O) groups excluding carboxylic acids is 1. The van der Waals surface area contributed by atoms with Gasteiger partial charge in [0.2, 0.25) is 5.91 Å². The Labute approximate surface area is 116 Å². The summed E-state index contributed by atoms with van der Waals surface area (Å²) in [5, 5.41) is 9.54. The fourth-order valence-electron chi connectivity index (χ4n) is 3.21. The second kappa shape index (κ2) is 5.32. The second-order valence-electron chi connectivity index (χ2n) is 5.66. The number of likely N-dealkylation sites (tertiary alicyclic amines) is 1. The third-order valence-electron chi connectivity index (χ3n) is 4.33. The first kappa shape index (κ1) is 13.2. The minimum Gasteiger partial charge on any atom is -0.481 e. The van der Waals surface area contributed by atoms with E-state index in [9.17, 15) is 9.59 Å². The molecule has 0 aromatic rings. The summed E-state index contributed by atoms with van der Waals surface area (Å²) in [5.41, 5.74) is 0. The molecule has 0 aromatic carbocycles. The fraction of sp³-hybridized carbons (Fsp3) is 0.846. The monoisotopic (exact) mass is 285 g/mol. The van der Waals surface area contributed by atoms with Crippen LogP contribution in [0, 0.1) is 5.92 Å².